The molecule has 0 aromatic heterocycles. The molecule has 2 aliphatic heterocycles. The number of carbonyl (C=O) groups excluding carboxylic acids is 1. The number of hydrogen-bond donors (Lipinski definition) is 0. The number of anilines is 1. The van der Waals surface area contributed by atoms with E-state index in [0.29, 0.717) is 11.3 Å². The first-order valence-electron chi connectivity index (χ1n) is 8.97. The number of hydrogen-bond acceptors (Lipinski definition) is 6. The summed E-state index contributed by atoms with van der Waals surface area (Å²) in [6, 6.07) is 12.3. The number of benzene rings is 2. The third-order valence-corrected chi connectivity index (χ3v) is 7.71. The molecule has 0 radical (unpaired) electrons. The lowest BCUT2D eigenvalue weighted by Gasteiger charge is -2.23. The van der Waals surface area contributed by atoms with E-state index in [1.54, 1.807) is 34.9 Å². The number of sulfone groups is 1. The summed E-state index contributed by atoms with van der Waals surface area (Å²) in [6.45, 7) is 0.121. The number of thioether (sulfide) groups is 1. The molecule has 0 saturated carbocycles. The van der Waals surface area contributed by atoms with Gasteiger partial charge in [-0.3, -0.25) is 15.0 Å². The Morgan fingerprint density at radius 3 is 2.59 bits per heavy atom. The quantitative estimate of drug-likeness (QED) is 0.311. The minimum atomic E-state index is -3.28. The van der Waals surface area contributed by atoms with Crippen LogP contribution in [-0.2, 0) is 16.4 Å². The fourth-order valence-corrected chi connectivity index (χ4v) is 6.39. The smallest absolute Gasteiger partial charge is 0.314 e. The van der Waals surface area contributed by atoms with Crippen LogP contribution in [0.2, 0.25) is 0 Å². The van der Waals surface area contributed by atoms with E-state index in [2.05, 4.69) is 0 Å². The number of nitrogens with zero attached hydrogens (tertiary/aromatic N) is 3. The van der Waals surface area contributed by atoms with Gasteiger partial charge in [-0.15, -0.1) is 11.8 Å². The van der Waals surface area contributed by atoms with Crippen LogP contribution < -0.4 is 4.90 Å². The summed E-state index contributed by atoms with van der Waals surface area (Å²) in [5, 5.41) is 11.1. The molecule has 2 aromatic rings. The minimum Gasteiger partial charge on any atom is -0.314 e. The van der Waals surface area contributed by atoms with E-state index in [-0.39, 0.29) is 29.8 Å². The van der Waals surface area contributed by atoms with Crippen molar-refractivity contribution in [1.29, 1.82) is 0 Å². The number of carbonyl (C=O) groups is 1. The zero-order valence-electron chi connectivity index (χ0n) is 15.6. The zero-order chi connectivity index (χ0) is 20.8. The van der Waals surface area contributed by atoms with Gasteiger partial charge < -0.3 is 4.90 Å². The number of rotatable bonds is 5. The first kappa shape index (κ1) is 19.7. The molecule has 2 heterocycles. The fourth-order valence-electron chi connectivity index (χ4n) is 3.99. The van der Waals surface area contributed by atoms with Crippen molar-refractivity contribution in [2.75, 3.05) is 22.7 Å². The van der Waals surface area contributed by atoms with Gasteiger partial charge in [0, 0.05) is 29.3 Å². The average Bonchev–Trinajstić information content (AvgIpc) is 3.12. The summed E-state index contributed by atoms with van der Waals surface area (Å²) in [5.41, 5.74) is 1.19. The van der Waals surface area contributed by atoms with E-state index in [1.807, 2.05) is 24.5 Å². The molecule has 152 valence electrons. The molecular weight excluding hydrogens is 414 g/mol. The second-order valence-corrected chi connectivity index (χ2v) is 10.2. The Hall–Kier alpha value is -2.59. The Labute approximate surface area is 172 Å². The van der Waals surface area contributed by atoms with E-state index in [4.69, 9.17) is 0 Å². The Morgan fingerprint density at radius 1 is 1.14 bits per heavy atom. The maximum absolute atomic E-state index is 13.3. The van der Waals surface area contributed by atoms with Crippen molar-refractivity contribution in [3.8, 4) is 0 Å². The van der Waals surface area contributed by atoms with Crippen LogP contribution in [0.4, 0.5) is 16.2 Å². The first-order valence-corrected chi connectivity index (χ1v) is 12.0. The Morgan fingerprint density at radius 2 is 1.86 bits per heavy atom. The molecule has 0 spiro atoms. The molecule has 2 saturated heterocycles. The monoisotopic (exact) mass is 433 g/mol. The minimum absolute atomic E-state index is 0.0609. The number of urea groups is 1. The van der Waals surface area contributed by atoms with Crippen LogP contribution in [0.15, 0.2) is 53.4 Å². The number of amides is 2. The second kappa shape index (κ2) is 7.34. The molecule has 2 atom stereocenters. The lowest BCUT2D eigenvalue weighted by atomic mass is 10.1. The maximum Gasteiger partial charge on any atom is 0.325 e. The number of nitro groups is 1. The van der Waals surface area contributed by atoms with Gasteiger partial charge in [0.25, 0.3) is 5.69 Å². The average molecular weight is 434 g/mol. The molecule has 0 aliphatic carbocycles. The molecule has 0 N–H and O–H groups in total. The molecule has 0 bridgehead atoms. The Bertz CT molecular complexity index is 1090. The van der Waals surface area contributed by atoms with Crippen molar-refractivity contribution in [2.45, 2.75) is 23.5 Å². The maximum atomic E-state index is 13.3. The number of non-ortho nitro benzene ring substituents is 1. The lowest BCUT2D eigenvalue weighted by Crippen LogP contribution is -2.37. The SMILES string of the molecule is CSc1cccc(N2C(=O)N(Cc3cccc([N+](=O)[O-])c3)[C@H]3CS(=O)(=O)C[C@@H]32)c1. The van der Waals surface area contributed by atoms with Crippen LogP contribution in [0, 0.1) is 10.1 Å². The molecule has 2 fully saturated rings. The lowest BCUT2D eigenvalue weighted by molar-refractivity contribution is -0.384. The number of nitro benzene ring substituents is 1. The first-order chi connectivity index (χ1) is 13.8. The highest BCUT2D eigenvalue weighted by molar-refractivity contribution is 7.98. The van der Waals surface area contributed by atoms with Crippen molar-refractivity contribution in [3.63, 3.8) is 0 Å². The van der Waals surface area contributed by atoms with Crippen molar-refractivity contribution in [3.05, 3.63) is 64.2 Å². The van der Waals surface area contributed by atoms with Gasteiger partial charge in [-0.1, -0.05) is 18.2 Å². The molecule has 2 aliphatic rings. The van der Waals surface area contributed by atoms with Crippen molar-refractivity contribution >= 4 is 39.0 Å². The predicted molar refractivity (Wildman–Crippen MR) is 111 cm³/mol. The van der Waals surface area contributed by atoms with Gasteiger partial charge in [-0.25, -0.2) is 13.2 Å². The van der Waals surface area contributed by atoms with Crippen LogP contribution in [0.1, 0.15) is 5.56 Å². The van der Waals surface area contributed by atoms with Gasteiger partial charge in [-0.05, 0) is 30.0 Å². The standard InChI is InChI=1S/C19H19N3O5S2/c1-28-16-7-3-5-14(9-16)21-18-12-29(26,27)11-17(18)20(19(21)23)10-13-4-2-6-15(8-13)22(24)25/h2-9,17-18H,10-12H2,1H3/t17-,18-/m0/s1. The van der Waals surface area contributed by atoms with Crippen molar-refractivity contribution in [2.24, 2.45) is 0 Å². The van der Waals surface area contributed by atoms with Crippen LogP contribution in [0.5, 0.6) is 0 Å². The second-order valence-electron chi connectivity index (χ2n) is 7.12. The number of fused-ring (bicyclic) bond motifs is 1. The topological polar surface area (TPSA) is 101 Å². The molecule has 10 heteroatoms. The summed E-state index contributed by atoms with van der Waals surface area (Å²) in [4.78, 5) is 27.9. The van der Waals surface area contributed by atoms with E-state index < -0.39 is 26.8 Å². The van der Waals surface area contributed by atoms with E-state index in [1.165, 1.54) is 17.0 Å². The molecule has 2 amide bonds. The van der Waals surface area contributed by atoms with Gasteiger partial charge in [0.15, 0.2) is 9.84 Å². The van der Waals surface area contributed by atoms with Gasteiger partial charge in [0.05, 0.1) is 28.5 Å². The normalized spacial score (nSPS) is 22.7. The van der Waals surface area contributed by atoms with Gasteiger partial charge >= 0.3 is 6.03 Å². The van der Waals surface area contributed by atoms with Crippen LogP contribution in [0.3, 0.4) is 0 Å². The molecule has 4 rings (SSSR count). The van der Waals surface area contributed by atoms with Crippen LogP contribution >= 0.6 is 11.8 Å². The summed E-state index contributed by atoms with van der Waals surface area (Å²) in [7, 11) is -3.28. The summed E-state index contributed by atoms with van der Waals surface area (Å²) in [5.74, 6) is -0.185. The van der Waals surface area contributed by atoms with E-state index >= 15 is 0 Å². The zero-order valence-corrected chi connectivity index (χ0v) is 17.2. The highest BCUT2D eigenvalue weighted by Crippen LogP contribution is 2.37. The molecule has 8 nitrogen and oxygen atoms in total. The Kier molecular flexibility index (Phi) is 4.99. The van der Waals surface area contributed by atoms with E-state index in [0.717, 1.165) is 4.90 Å². The van der Waals surface area contributed by atoms with Crippen LogP contribution in [0.25, 0.3) is 0 Å². The summed E-state index contributed by atoms with van der Waals surface area (Å²) < 4.78 is 24.7. The van der Waals surface area contributed by atoms with Gasteiger partial charge in [0.1, 0.15) is 0 Å². The summed E-state index contributed by atoms with van der Waals surface area (Å²) >= 11 is 1.54. The molecule has 0 unspecified atom stereocenters. The van der Waals surface area contributed by atoms with Crippen LogP contribution in [-0.4, -0.2) is 54.1 Å². The summed E-state index contributed by atoms with van der Waals surface area (Å²) in [6.07, 6.45) is 1.93. The van der Waals surface area contributed by atoms with E-state index in [9.17, 15) is 23.3 Å². The third-order valence-electron chi connectivity index (χ3n) is 5.28. The van der Waals surface area contributed by atoms with Crippen molar-refractivity contribution in [1.82, 2.24) is 4.90 Å². The highest BCUT2D eigenvalue weighted by Gasteiger charge is 2.53. The predicted octanol–water partition coefficient (Wildman–Crippen LogP) is 2.92. The molecular formula is C19H19N3O5S2. The third kappa shape index (κ3) is 3.69. The van der Waals surface area contributed by atoms with Gasteiger partial charge in [-0.2, -0.15) is 0 Å². The van der Waals surface area contributed by atoms with Crippen molar-refractivity contribution < 1.29 is 18.1 Å². The molecule has 29 heavy (non-hydrogen) atoms. The highest BCUT2D eigenvalue weighted by atomic mass is 32.2. The largest absolute Gasteiger partial charge is 0.325 e. The Balaban J connectivity index is 1.70. The fraction of sp³-hybridized carbons (Fsp3) is 0.316. The van der Waals surface area contributed by atoms with Gasteiger partial charge in [0.2, 0.25) is 0 Å². The molecule has 2 aromatic carbocycles.